The summed E-state index contributed by atoms with van der Waals surface area (Å²) in [6.45, 7) is 26.8. The Hall–Kier alpha value is -4.64. The molecule has 0 radical (unpaired) electrons. The van der Waals surface area contributed by atoms with Crippen molar-refractivity contribution in [1.82, 2.24) is 0 Å². The Labute approximate surface area is 433 Å². The fourth-order valence-electron chi connectivity index (χ4n) is 10.1. The second kappa shape index (κ2) is 22.3. The number of alkyl halides is 3. The molecule has 3 saturated heterocycles. The maximum absolute atomic E-state index is 12.8. The molecule has 7 rings (SSSR count). The first-order valence-corrected chi connectivity index (χ1v) is 27.0. The van der Waals surface area contributed by atoms with Gasteiger partial charge in [-0.1, -0.05) is 112 Å². The summed E-state index contributed by atoms with van der Waals surface area (Å²) >= 11 is 0. The van der Waals surface area contributed by atoms with Gasteiger partial charge in [0.25, 0.3) is 0 Å². The molecule has 394 valence electrons. The summed E-state index contributed by atoms with van der Waals surface area (Å²) in [5, 5.41) is 21.4. The lowest BCUT2D eigenvalue weighted by atomic mass is 9.68. The maximum atomic E-state index is 12.8. The van der Waals surface area contributed by atoms with Crippen LogP contribution in [0.2, 0.25) is 0 Å². The predicted molar refractivity (Wildman–Crippen MR) is 283 cm³/mol. The molecule has 73 heavy (non-hydrogen) atoms. The lowest BCUT2D eigenvalue weighted by Gasteiger charge is -2.34. The highest BCUT2D eigenvalue weighted by molar-refractivity contribution is 7.88. The van der Waals surface area contributed by atoms with Gasteiger partial charge in [-0.2, -0.15) is 21.6 Å². The van der Waals surface area contributed by atoms with Crippen molar-refractivity contribution in [2.45, 2.75) is 173 Å². The number of hydrogen-bond acceptors (Lipinski definition) is 9. The van der Waals surface area contributed by atoms with Gasteiger partial charge in [0.05, 0.1) is 37.6 Å². The number of ether oxygens (including phenoxy) is 2. The third-order valence-corrected chi connectivity index (χ3v) is 17.0. The molecule has 0 saturated carbocycles. The van der Waals surface area contributed by atoms with E-state index < -0.39 is 32.2 Å². The molecule has 4 aromatic rings. The Kier molecular flexibility index (Phi) is 17.6. The van der Waals surface area contributed by atoms with Gasteiger partial charge < -0.3 is 33.2 Å². The minimum absolute atomic E-state index is 0.102. The highest BCUT2D eigenvalue weighted by Gasteiger charge is 2.52. The first-order valence-electron chi connectivity index (χ1n) is 25.6. The number of aliphatic hydroxyl groups is 2. The molecule has 14 heteroatoms. The van der Waals surface area contributed by atoms with E-state index in [0.29, 0.717) is 65.0 Å². The molecule has 0 aromatic heterocycles. The summed E-state index contributed by atoms with van der Waals surface area (Å²) in [4.78, 5) is 0. The third-order valence-electron chi connectivity index (χ3n) is 16.0. The van der Waals surface area contributed by atoms with Crippen LogP contribution in [0.1, 0.15) is 162 Å². The van der Waals surface area contributed by atoms with Crippen molar-refractivity contribution in [2.24, 2.45) is 0 Å². The monoisotopic (exact) mass is 1030 g/mol. The van der Waals surface area contributed by atoms with Crippen LogP contribution in [0.5, 0.6) is 5.75 Å². The van der Waals surface area contributed by atoms with Crippen molar-refractivity contribution < 1.29 is 54.8 Å². The zero-order chi connectivity index (χ0) is 53.8. The molecule has 3 fully saturated rings. The second-order valence-corrected chi connectivity index (χ2v) is 22.6. The molecular weight excluding hydrogens is 953 g/mol. The van der Waals surface area contributed by atoms with Gasteiger partial charge in [0.2, 0.25) is 0 Å². The van der Waals surface area contributed by atoms with Crippen LogP contribution in [-0.4, -0.2) is 80.1 Å². The molecule has 0 spiro atoms. The average Bonchev–Trinajstić information content (AvgIpc) is 3.55. The van der Waals surface area contributed by atoms with Crippen LogP contribution in [0.3, 0.4) is 0 Å². The summed E-state index contributed by atoms with van der Waals surface area (Å²) in [5.41, 5.74) is 2.10. The lowest BCUT2D eigenvalue weighted by molar-refractivity contribution is -0.0500. The Morgan fingerprint density at radius 2 is 0.932 bits per heavy atom. The van der Waals surface area contributed by atoms with Gasteiger partial charge >= 0.3 is 22.7 Å². The van der Waals surface area contributed by atoms with Gasteiger partial charge in [-0.3, -0.25) is 0 Å². The fraction of sp³-hybridized carbons (Fsp3) is 0.525. The van der Waals surface area contributed by atoms with E-state index in [2.05, 4.69) is 120 Å². The van der Waals surface area contributed by atoms with Crippen LogP contribution in [0.25, 0.3) is 0 Å². The minimum Gasteiger partial charge on any atom is -0.399 e. The van der Waals surface area contributed by atoms with Crippen LogP contribution in [0.15, 0.2) is 72.8 Å². The van der Waals surface area contributed by atoms with Gasteiger partial charge in [-0.15, -0.1) is 0 Å². The van der Waals surface area contributed by atoms with Crippen molar-refractivity contribution in [3.05, 3.63) is 128 Å². The number of hydrogen-bond donors (Lipinski definition) is 2. The Bertz CT molecular complexity index is 2830. The molecule has 0 aliphatic carbocycles. The second-order valence-electron chi connectivity index (χ2n) is 21.0. The van der Waals surface area contributed by atoms with E-state index in [9.17, 15) is 31.8 Å². The van der Waals surface area contributed by atoms with Gasteiger partial charge in [0.15, 0.2) is 0 Å². The summed E-state index contributed by atoms with van der Waals surface area (Å²) in [6, 6.07) is 23.9. The number of aryl methyl sites for hydroxylation is 4. The SMILES string of the molecule is CCC(CC)(c1ccc(C#CC2(O)CCOCC2)c(C)c1)c1ccc(B2OC(C)(C)C(C)(C)O2)c(C)c1.CCC(CC)(c1ccc(C#CC2(O)CCOCC2)c(C)c1)c1ccc(OS(=O)(=O)C(F)(F)F)c(C)c1. The highest BCUT2D eigenvalue weighted by Crippen LogP contribution is 2.43. The lowest BCUT2D eigenvalue weighted by Crippen LogP contribution is -2.41. The zero-order valence-electron chi connectivity index (χ0n) is 44.8. The van der Waals surface area contributed by atoms with E-state index in [1.807, 2.05) is 39.0 Å². The highest BCUT2D eigenvalue weighted by atomic mass is 32.2. The van der Waals surface area contributed by atoms with Gasteiger partial charge in [0, 0.05) is 47.6 Å². The normalized spacial score (nSPS) is 18.3. The van der Waals surface area contributed by atoms with E-state index in [0.717, 1.165) is 51.7 Å². The van der Waals surface area contributed by atoms with Crippen molar-refractivity contribution >= 4 is 22.7 Å². The molecule has 3 aliphatic rings. The maximum Gasteiger partial charge on any atom is 0.534 e. The molecule has 0 amide bonds. The summed E-state index contributed by atoms with van der Waals surface area (Å²) in [7, 11) is -6.11. The standard InChI is InChI=1S/C32H43BO4.C27H31F3O5S/c1-9-32(10-2,26-12-11-25(23(3)21-26)15-16-31(34)17-19-35-20-18-31)27-13-14-28(24(4)22-27)33-36-29(5,6)30(7,8)37-33;1-5-26(6-2,23-9-10-24(20(4)18-23)35-36(32,33)27(28,29)30)22-8-7-21(19(3)17-22)11-12-25(31)13-15-34-16-14-25/h11-14,21-22,34H,9-10,17-20H2,1-8H3;7-10,17-18,31H,5-6,13-16H2,1-4H3. The molecule has 0 bridgehead atoms. The molecular formula is C59H74BF3O9S. The smallest absolute Gasteiger partial charge is 0.399 e. The van der Waals surface area contributed by atoms with E-state index in [4.69, 9.17) is 18.8 Å². The molecule has 0 unspecified atom stereocenters. The van der Waals surface area contributed by atoms with Gasteiger partial charge in [-0.05, 0) is 144 Å². The topological polar surface area (TPSA) is 121 Å². The quantitative estimate of drug-likeness (QED) is 0.0655. The first kappa shape index (κ1) is 57.6. The van der Waals surface area contributed by atoms with Crippen molar-refractivity contribution in [1.29, 1.82) is 0 Å². The van der Waals surface area contributed by atoms with Crippen molar-refractivity contribution in [3.8, 4) is 29.4 Å². The van der Waals surface area contributed by atoms with E-state index in [1.165, 1.54) is 29.7 Å². The van der Waals surface area contributed by atoms with E-state index in [-0.39, 0.29) is 35.0 Å². The van der Waals surface area contributed by atoms with Crippen LogP contribution in [-0.2, 0) is 39.7 Å². The summed E-state index contributed by atoms with van der Waals surface area (Å²) in [6.07, 6.45) is 5.44. The molecule has 0 atom stereocenters. The van der Waals surface area contributed by atoms with E-state index in [1.54, 1.807) is 12.1 Å². The van der Waals surface area contributed by atoms with Crippen molar-refractivity contribution in [2.75, 3.05) is 26.4 Å². The number of halogens is 3. The van der Waals surface area contributed by atoms with Gasteiger partial charge in [-0.25, -0.2) is 0 Å². The fourth-order valence-corrected chi connectivity index (χ4v) is 10.6. The van der Waals surface area contributed by atoms with Crippen LogP contribution in [0, 0.1) is 51.4 Å². The summed E-state index contributed by atoms with van der Waals surface area (Å²) < 4.78 is 88.9. The Morgan fingerprint density at radius 1 is 0.575 bits per heavy atom. The van der Waals surface area contributed by atoms with Crippen LogP contribution >= 0.6 is 0 Å². The Morgan fingerprint density at radius 3 is 1.27 bits per heavy atom. The Balaban J connectivity index is 0.000000238. The molecule has 3 aliphatic heterocycles. The predicted octanol–water partition coefficient (Wildman–Crippen LogP) is 11.1. The van der Waals surface area contributed by atoms with Crippen LogP contribution in [0.4, 0.5) is 13.2 Å². The van der Waals surface area contributed by atoms with E-state index >= 15 is 0 Å². The molecule has 2 N–H and O–H groups in total. The molecule has 3 heterocycles. The zero-order valence-corrected chi connectivity index (χ0v) is 45.6. The number of benzene rings is 4. The third kappa shape index (κ3) is 12.4. The minimum atomic E-state index is -5.75. The number of rotatable bonds is 11. The van der Waals surface area contributed by atoms with Crippen molar-refractivity contribution in [3.63, 3.8) is 0 Å². The summed E-state index contributed by atoms with van der Waals surface area (Å²) in [5.74, 6) is 12.1. The van der Waals surface area contributed by atoms with Gasteiger partial charge in [0.1, 0.15) is 17.0 Å². The largest absolute Gasteiger partial charge is 0.534 e. The first-order chi connectivity index (χ1) is 34.1. The molecule has 4 aromatic carbocycles. The molecule has 9 nitrogen and oxygen atoms in total. The average molecular weight is 1030 g/mol. The van der Waals surface area contributed by atoms with Crippen LogP contribution < -0.4 is 9.65 Å².